The molecule has 2 rings (SSSR count). The third-order valence-corrected chi connectivity index (χ3v) is 3.89. The van der Waals surface area contributed by atoms with E-state index in [4.69, 9.17) is 0 Å². The lowest BCUT2D eigenvalue weighted by Gasteiger charge is -2.36. The molecule has 2 nitrogen and oxygen atoms in total. The average Bonchev–Trinajstić information content (AvgIpc) is 2.29. The lowest BCUT2D eigenvalue weighted by molar-refractivity contribution is 0.430. The molecular weight excluding hydrogens is 276 g/mol. The van der Waals surface area contributed by atoms with Gasteiger partial charge in [-0.3, -0.25) is 0 Å². The molecule has 17 heavy (non-hydrogen) atoms. The Balaban J connectivity index is 2.10. The molecular formula is C14H21BrN2. The summed E-state index contributed by atoms with van der Waals surface area (Å²) in [7, 11) is 0. The van der Waals surface area contributed by atoms with Crippen LogP contribution in [0.2, 0.25) is 0 Å². The van der Waals surface area contributed by atoms with E-state index < -0.39 is 0 Å². The number of rotatable bonds is 3. The molecule has 0 aliphatic carbocycles. The Morgan fingerprint density at radius 2 is 2.29 bits per heavy atom. The van der Waals surface area contributed by atoms with Crippen molar-refractivity contribution in [2.24, 2.45) is 0 Å². The fourth-order valence-corrected chi connectivity index (χ4v) is 3.04. The van der Waals surface area contributed by atoms with Crippen molar-refractivity contribution >= 4 is 21.6 Å². The van der Waals surface area contributed by atoms with E-state index in [1.165, 1.54) is 28.6 Å². The van der Waals surface area contributed by atoms with Crippen LogP contribution >= 0.6 is 15.9 Å². The predicted molar refractivity (Wildman–Crippen MR) is 77.8 cm³/mol. The van der Waals surface area contributed by atoms with E-state index in [9.17, 15) is 0 Å². The lowest BCUT2D eigenvalue weighted by Crippen LogP contribution is -2.50. The van der Waals surface area contributed by atoms with Gasteiger partial charge < -0.3 is 10.2 Å². The molecule has 0 aromatic heterocycles. The van der Waals surface area contributed by atoms with E-state index in [1.54, 1.807) is 0 Å². The number of benzene rings is 1. The van der Waals surface area contributed by atoms with Crippen LogP contribution in [0.3, 0.4) is 0 Å². The minimum Gasteiger partial charge on any atom is -0.368 e. The molecule has 1 atom stereocenters. The standard InChI is InChI=1S/C14H21BrN2/c1-3-4-13-10-17(8-7-16-13)14-6-5-12(15)9-11(14)2/h5-6,9,13,16H,3-4,7-8,10H2,1-2H3. The summed E-state index contributed by atoms with van der Waals surface area (Å²) in [6.07, 6.45) is 2.52. The monoisotopic (exact) mass is 296 g/mol. The van der Waals surface area contributed by atoms with E-state index >= 15 is 0 Å². The van der Waals surface area contributed by atoms with Crippen LogP contribution in [0.5, 0.6) is 0 Å². The first-order valence-electron chi connectivity index (χ1n) is 6.45. The van der Waals surface area contributed by atoms with Gasteiger partial charge in [0.1, 0.15) is 0 Å². The number of hydrogen-bond donors (Lipinski definition) is 1. The summed E-state index contributed by atoms with van der Waals surface area (Å²) in [5, 5.41) is 3.60. The zero-order valence-corrected chi connectivity index (χ0v) is 12.3. The fraction of sp³-hybridized carbons (Fsp3) is 0.571. The maximum Gasteiger partial charge on any atom is 0.0397 e. The molecule has 1 unspecified atom stereocenters. The van der Waals surface area contributed by atoms with Gasteiger partial charge in [-0.1, -0.05) is 29.3 Å². The predicted octanol–water partition coefficient (Wildman–Crippen LogP) is 3.34. The summed E-state index contributed by atoms with van der Waals surface area (Å²) < 4.78 is 1.17. The summed E-state index contributed by atoms with van der Waals surface area (Å²) in [5.74, 6) is 0. The maximum absolute atomic E-state index is 3.60. The number of aryl methyl sites for hydroxylation is 1. The van der Waals surface area contributed by atoms with Gasteiger partial charge in [0.15, 0.2) is 0 Å². The molecule has 1 aliphatic rings. The van der Waals surface area contributed by atoms with Gasteiger partial charge in [0.25, 0.3) is 0 Å². The van der Waals surface area contributed by atoms with Crippen LogP contribution in [0.25, 0.3) is 0 Å². The van der Waals surface area contributed by atoms with Gasteiger partial charge in [0, 0.05) is 35.8 Å². The number of nitrogens with zero attached hydrogens (tertiary/aromatic N) is 1. The third-order valence-electron chi connectivity index (χ3n) is 3.39. The molecule has 1 aromatic carbocycles. The first-order valence-corrected chi connectivity index (χ1v) is 7.24. The first kappa shape index (κ1) is 12.9. The van der Waals surface area contributed by atoms with Crippen LogP contribution in [0.4, 0.5) is 5.69 Å². The quantitative estimate of drug-likeness (QED) is 0.920. The van der Waals surface area contributed by atoms with Gasteiger partial charge >= 0.3 is 0 Å². The highest BCUT2D eigenvalue weighted by molar-refractivity contribution is 9.10. The number of halogens is 1. The Labute approximate surface area is 113 Å². The largest absolute Gasteiger partial charge is 0.368 e. The molecule has 1 fully saturated rings. The summed E-state index contributed by atoms with van der Waals surface area (Å²) in [5.41, 5.74) is 2.74. The third kappa shape index (κ3) is 3.23. The highest BCUT2D eigenvalue weighted by atomic mass is 79.9. The zero-order valence-electron chi connectivity index (χ0n) is 10.7. The van der Waals surface area contributed by atoms with Gasteiger partial charge in [0.05, 0.1) is 0 Å². The van der Waals surface area contributed by atoms with E-state index in [1.807, 2.05) is 0 Å². The molecule has 1 saturated heterocycles. The molecule has 1 aromatic rings. The molecule has 0 spiro atoms. The number of nitrogens with one attached hydrogen (secondary N) is 1. The summed E-state index contributed by atoms with van der Waals surface area (Å²) in [6.45, 7) is 7.79. The topological polar surface area (TPSA) is 15.3 Å². The Bertz CT molecular complexity index is 376. The van der Waals surface area contributed by atoms with Gasteiger partial charge in [-0.2, -0.15) is 0 Å². The van der Waals surface area contributed by atoms with Crippen molar-refractivity contribution in [1.29, 1.82) is 0 Å². The van der Waals surface area contributed by atoms with E-state index in [0.717, 1.165) is 19.6 Å². The van der Waals surface area contributed by atoms with Crippen molar-refractivity contribution in [3.63, 3.8) is 0 Å². The van der Waals surface area contributed by atoms with Gasteiger partial charge in [-0.05, 0) is 37.1 Å². The highest BCUT2D eigenvalue weighted by Gasteiger charge is 2.19. The molecule has 1 aliphatic heterocycles. The summed E-state index contributed by atoms with van der Waals surface area (Å²) >= 11 is 3.53. The number of piperazine rings is 1. The second kappa shape index (κ2) is 5.87. The summed E-state index contributed by atoms with van der Waals surface area (Å²) in [6, 6.07) is 7.22. The Hall–Kier alpha value is -0.540. The number of anilines is 1. The van der Waals surface area contributed by atoms with Crippen molar-refractivity contribution < 1.29 is 0 Å². The van der Waals surface area contributed by atoms with Crippen molar-refractivity contribution in [3.05, 3.63) is 28.2 Å². The van der Waals surface area contributed by atoms with Crippen molar-refractivity contribution in [1.82, 2.24) is 5.32 Å². The SMILES string of the molecule is CCCC1CN(c2ccc(Br)cc2C)CCN1. The van der Waals surface area contributed by atoms with Crippen molar-refractivity contribution in [2.45, 2.75) is 32.7 Å². The Morgan fingerprint density at radius 1 is 1.47 bits per heavy atom. The molecule has 1 N–H and O–H groups in total. The van der Waals surface area contributed by atoms with Crippen LogP contribution in [-0.2, 0) is 0 Å². The smallest absolute Gasteiger partial charge is 0.0397 e. The van der Waals surface area contributed by atoms with Crippen molar-refractivity contribution in [3.8, 4) is 0 Å². The molecule has 94 valence electrons. The minimum atomic E-state index is 0.650. The van der Waals surface area contributed by atoms with Crippen LogP contribution in [0.15, 0.2) is 22.7 Å². The first-order chi connectivity index (χ1) is 8.20. The van der Waals surface area contributed by atoms with Crippen LogP contribution in [-0.4, -0.2) is 25.7 Å². The summed E-state index contributed by atoms with van der Waals surface area (Å²) in [4.78, 5) is 2.51. The molecule has 0 saturated carbocycles. The fourth-order valence-electron chi connectivity index (χ4n) is 2.56. The second-order valence-electron chi connectivity index (χ2n) is 4.82. The molecule has 0 bridgehead atoms. The van der Waals surface area contributed by atoms with Gasteiger partial charge in [0.2, 0.25) is 0 Å². The maximum atomic E-state index is 3.60. The molecule has 1 heterocycles. The average molecular weight is 297 g/mol. The van der Waals surface area contributed by atoms with Gasteiger partial charge in [-0.25, -0.2) is 0 Å². The lowest BCUT2D eigenvalue weighted by atomic mass is 10.1. The van der Waals surface area contributed by atoms with Crippen LogP contribution in [0, 0.1) is 6.92 Å². The van der Waals surface area contributed by atoms with Crippen LogP contribution < -0.4 is 10.2 Å². The highest BCUT2D eigenvalue weighted by Crippen LogP contribution is 2.25. The van der Waals surface area contributed by atoms with Crippen LogP contribution in [0.1, 0.15) is 25.3 Å². The van der Waals surface area contributed by atoms with E-state index in [0.29, 0.717) is 6.04 Å². The molecule has 0 amide bonds. The van der Waals surface area contributed by atoms with Gasteiger partial charge in [-0.15, -0.1) is 0 Å². The minimum absolute atomic E-state index is 0.650. The number of hydrogen-bond acceptors (Lipinski definition) is 2. The van der Waals surface area contributed by atoms with E-state index in [-0.39, 0.29) is 0 Å². The zero-order chi connectivity index (χ0) is 12.3. The Kier molecular flexibility index (Phi) is 4.46. The molecule has 0 radical (unpaired) electrons. The van der Waals surface area contributed by atoms with Crippen molar-refractivity contribution in [2.75, 3.05) is 24.5 Å². The van der Waals surface area contributed by atoms with E-state index in [2.05, 4.69) is 58.2 Å². The Morgan fingerprint density at radius 3 is 3.00 bits per heavy atom. The second-order valence-corrected chi connectivity index (χ2v) is 5.73. The normalized spacial score (nSPS) is 20.6. The molecule has 3 heteroatoms.